The van der Waals surface area contributed by atoms with Crippen LogP contribution in [0.4, 0.5) is 5.69 Å². The number of carbonyl (C=O) groups excluding carboxylic acids is 1. The molecule has 2 fully saturated rings. The Bertz CT molecular complexity index is 1290. The van der Waals surface area contributed by atoms with Crippen molar-refractivity contribution in [2.45, 2.75) is 55.6 Å². The maximum absolute atomic E-state index is 13.0. The minimum Gasteiger partial charge on any atom is -0.378 e. The SMILES string of the molecule is CC1CCN(S(=O)(=O)c2ccc(C(=O)CNc3ccc(S(=O)(=O)N4CC(C)OC(C)C4)cc3)cc2)CC1. The molecule has 4 rings (SSSR count). The summed E-state index contributed by atoms with van der Waals surface area (Å²) in [5.41, 5.74) is 1.00. The molecule has 0 aliphatic carbocycles. The lowest BCUT2D eigenvalue weighted by Gasteiger charge is -2.34. The van der Waals surface area contributed by atoms with Crippen LogP contribution in [0.3, 0.4) is 0 Å². The highest BCUT2D eigenvalue weighted by Crippen LogP contribution is 2.25. The highest BCUT2D eigenvalue weighted by molar-refractivity contribution is 7.89. The molecular weight excluding hydrogens is 514 g/mol. The third-order valence-electron chi connectivity index (χ3n) is 6.89. The van der Waals surface area contributed by atoms with Gasteiger partial charge in [-0.15, -0.1) is 0 Å². The molecule has 2 saturated heterocycles. The predicted octanol–water partition coefficient (Wildman–Crippen LogP) is 3.20. The Kier molecular flexibility index (Phi) is 8.39. The first-order valence-corrected chi connectivity index (χ1v) is 15.5. The lowest BCUT2D eigenvalue weighted by molar-refractivity contribution is -0.0440. The molecule has 202 valence electrons. The van der Waals surface area contributed by atoms with Gasteiger partial charge in [0.25, 0.3) is 0 Å². The van der Waals surface area contributed by atoms with Gasteiger partial charge in [0, 0.05) is 37.4 Å². The maximum Gasteiger partial charge on any atom is 0.243 e. The van der Waals surface area contributed by atoms with Crippen molar-refractivity contribution in [2.24, 2.45) is 5.92 Å². The Balaban J connectivity index is 1.35. The first-order chi connectivity index (χ1) is 17.5. The molecule has 2 unspecified atom stereocenters. The van der Waals surface area contributed by atoms with Gasteiger partial charge < -0.3 is 10.1 Å². The third-order valence-corrected chi connectivity index (χ3v) is 10.6. The van der Waals surface area contributed by atoms with Crippen molar-refractivity contribution in [3.8, 4) is 0 Å². The first kappa shape index (κ1) is 27.7. The first-order valence-electron chi connectivity index (χ1n) is 12.6. The van der Waals surface area contributed by atoms with Gasteiger partial charge in [-0.25, -0.2) is 16.8 Å². The number of carbonyl (C=O) groups is 1. The number of benzene rings is 2. The number of hydrogen-bond donors (Lipinski definition) is 1. The average Bonchev–Trinajstić information content (AvgIpc) is 2.87. The number of ketones is 1. The molecule has 0 aromatic heterocycles. The van der Waals surface area contributed by atoms with E-state index in [1.165, 1.54) is 45.0 Å². The summed E-state index contributed by atoms with van der Waals surface area (Å²) in [6.07, 6.45) is 1.35. The fraction of sp³-hybridized carbons (Fsp3) is 0.500. The second-order valence-corrected chi connectivity index (χ2v) is 13.9. The summed E-state index contributed by atoms with van der Waals surface area (Å²) in [4.78, 5) is 13.0. The van der Waals surface area contributed by atoms with Crippen molar-refractivity contribution >= 4 is 31.5 Å². The minimum atomic E-state index is -3.64. The summed E-state index contributed by atoms with van der Waals surface area (Å²) in [7, 11) is -7.21. The highest BCUT2D eigenvalue weighted by Gasteiger charge is 2.32. The van der Waals surface area contributed by atoms with E-state index in [1.807, 2.05) is 13.8 Å². The molecule has 0 spiro atoms. The lowest BCUT2D eigenvalue weighted by Crippen LogP contribution is -2.48. The number of hydrogen-bond acceptors (Lipinski definition) is 7. The maximum atomic E-state index is 13.0. The van der Waals surface area contributed by atoms with E-state index in [9.17, 15) is 21.6 Å². The third kappa shape index (κ3) is 6.40. The van der Waals surface area contributed by atoms with E-state index in [1.54, 1.807) is 12.1 Å². The summed E-state index contributed by atoms with van der Waals surface area (Å²) >= 11 is 0. The Hall–Kier alpha value is -2.31. The van der Waals surface area contributed by atoms with Gasteiger partial charge in [0.2, 0.25) is 20.0 Å². The van der Waals surface area contributed by atoms with E-state index < -0.39 is 20.0 Å². The number of rotatable bonds is 8. The number of sulfonamides is 2. The van der Waals surface area contributed by atoms with Gasteiger partial charge in [-0.1, -0.05) is 6.92 Å². The van der Waals surface area contributed by atoms with E-state index in [-0.39, 0.29) is 34.3 Å². The number of Topliss-reactive ketones (excluding diaryl/α,β-unsaturated/α-hetero) is 1. The van der Waals surface area contributed by atoms with Crippen LogP contribution in [0, 0.1) is 5.92 Å². The molecule has 11 heteroatoms. The zero-order valence-electron chi connectivity index (χ0n) is 21.5. The van der Waals surface area contributed by atoms with Gasteiger partial charge in [-0.2, -0.15) is 8.61 Å². The monoisotopic (exact) mass is 549 g/mol. The zero-order valence-corrected chi connectivity index (χ0v) is 23.1. The normalized spacial score (nSPS) is 22.6. The highest BCUT2D eigenvalue weighted by atomic mass is 32.2. The van der Waals surface area contributed by atoms with Crippen LogP contribution in [0.2, 0.25) is 0 Å². The van der Waals surface area contributed by atoms with Crippen molar-refractivity contribution in [3.05, 3.63) is 54.1 Å². The lowest BCUT2D eigenvalue weighted by atomic mass is 10.0. The molecule has 0 radical (unpaired) electrons. The van der Waals surface area contributed by atoms with Crippen LogP contribution in [0.25, 0.3) is 0 Å². The van der Waals surface area contributed by atoms with Crippen LogP contribution in [0.1, 0.15) is 44.0 Å². The van der Waals surface area contributed by atoms with Crippen LogP contribution >= 0.6 is 0 Å². The van der Waals surface area contributed by atoms with Crippen LogP contribution in [0.5, 0.6) is 0 Å². The summed E-state index contributed by atoms with van der Waals surface area (Å²) in [5.74, 6) is 0.320. The molecule has 2 aliphatic heterocycles. The second-order valence-electron chi connectivity index (χ2n) is 9.99. The largest absolute Gasteiger partial charge is 0.378 e. The fourth-order valence-electron chi connectivity index (χ4n) is 4.69. The summed E-state index contributed by atoms with van der Waals surface area (Å²) < 4.78 is 60.4. The summed E-state index contributed by atoms with van der Waals surface area (Å²) in [6, 6.07) is 12.3. The van der Waals surface area contributed by atoms with Gasteiger partial charge in [0.05, 0.1) is 28.5 Å². The van der Waals surface area contributed by atoms with Crippen molar-refractivity contribution in [1.82, 2.24) is 8.61 Å². The van der Waals surface area contributed by atoms with Crippen LogP contribution in [-0.2, 0) is 24.8 Å². The topological polar surface area (TPSA) is 113 Å². The van der Waals surface area contributed by atoms with Gasteiger partial charge >= 0.3 is 0 Å². The number of ether oxygens (including phenoxy) is 1. The number of nitrogens with zero attached hydrogens (tertiary/aromatic N) is 2. The average molecular weight is 550 g/mol. The van der Waals surface area contributed by atoms with Crippen molar-refractivity contribution < 1.29 is 26.4 Å². The standard InChI is InChI=1S/C26H35N3O6S2/c1-19-12-14-28(15-13-19)36(31,32)24-8-4-22(5-9-24)26(30)16-27-23-6-10-25(11-7-23)37(33,34)29-17-20(2)35-21(3)18-29/h4-11,19-21,27H,12-18H2,1-3H3. The molecule has 2 aromatic carbocycles. The fourth-order valence-corrected chi connectivity index (χ4v) is 7.75. The Morgan fingerprint density at radius 2 is 1.30 bits per heavy atom. The second kappa shape index (κ2) is 11.2. The zero-order chi connectivity index (χ0) is 26.8. The number of piperidine rings is 1. The number of anilines is 1. The molecule has 2 atom stereocenters. The van der Waals surface area contributed by atoms with Gasteiger partial charge in [0.1, 0.15) is 0 Å². The molecule has 2 aliphatic rings. The Labute approximate surface area is 219 Å². The minimum absolute atomic E-state index is 0.0132. The predicted molar refractivity (Wildman–Crippen MR) is 142 cm³/mol. The van der Waals surface area contributed by atoms with Crippen molar-refractivity contribution in [2.75, 3.05) is 38.0 Å². The number of morpholine rings is 1. The molecular formula is C26H35N3O6S2. The number of nitrogens with one attached hydrogen (secondary N) is 1. The van der Waals surface area contributed by atoms with E-state index in [0.717, 1.165) is 12.8 Å². The molecule has 2 aromatic rings. The van der Waals surface area contributed by atoms with E-state index in [0.29, 0.717) is 43.3 Å². The molecule has 0 saturated carbocycles. The molecule has 37 heavy (non-hydrogen) atoms. The van der Waals surface area contributed by atoms with Gasteiger partial charge in [-0.05, 0) is 81.1 Å². The van der Waals surface area contributed by atoms with Gasteiger partial charge in [-0.3, -0.25) is 4.79 Å². The van der Waals surface area contributed by atoms with Crippen molar-refractivity contribution in [3.63, 3.8) is 0 Å². The summed E-state index contributed by atoms with van der Waals surface area (Å²) in [6.45, 7) is 7.45. The van der Waals surface area contributed by atoms with E-state index >= 15 is 0 Å². The van der Waals surface area contributed by atoms with Gasteiger partial charge in [0.15, 0.2) is 5.78 Å². The van der Waals surface area contributed by atoms with E-state index in [4.69, 9.17) is 4.74 Å². The molecule has 0 bridgehead atoms. The van der Waals surface area contributed by atoms with Crippen LogP contribution in [0.15, 0.2) is 58.3 Å². The quantitative estimate of drug-likeness (QED) is 0.503. The van der Waals surface area contributed by atoms with Crippen LogP contribution in [-0.4, -0.2) is 76.2 Å². The summed E-state index contributed by atoms with van der Waals surface area (Å²) in [5, 5.41) is 3.01. The van der Waals surface area contributed by atoms with Crippen molar-refractivity contribution in [1.29, 1.82) is 0 Å². The Morgan fingerprint density at radius 1 is 0.811 bits per heavy atom. The molecule has 1 N–H and O–H groups in total. The molecule has 2 heterocycles. The molecule has 9 nitrogen and oxygen atoms in total. The smallest absolute Gasteiger partial charge is 0.243 e. The molecule has 0 amide bonds. The Morgan fingerprint density at radius 3 is 1.84 bits per heavy atom. The van der Waals surface area contributed by atoms with Crippen LogP contribution < -0.4 is 5.32 Å². The van der Waals surface area contributed by atoms with E-state index in [2.05, 4.69) is 12.2 Å².